The van der Waals surface area contributed by atoms with Crippen molar-refractivity contribution < 1.29 is 17.6 Å². The van der Waals surface area contributed by atoms with Crippen LogP contribution in [0.3, 0.4) is 0 Å². The van der Waals surface area contributed by atoms with E-state index in [1.54, 1.807) is 12.1 Å². The highest BCUT2D eigenvalue weighted by Gasteiger charge is 2.18. The highest BCUT2D eigenvalue weighted by Crippen LogP contribution is 2.20. The Labute approximate surface area is 141 Å². The van der Waals surface area contributed by atoms with E-state index in [4.69, 9.17) is 10.2 Å². The van der Waals surface area contributed by atoms with Crippen LogP contribution in [-0.4, -0.2) is 25.9 Å². The summed E-state index contributed by atoms with van der Waals surface area (Å²) in [5.41, 5.74) is 5.57. The van der Waals surface area contributed by atoms with Crippen molar-refractivity contribution in [2.24, 2.45) is 0 Å². The summed E-state index contributed by atoms with van der Waals surface area (Å²) in [5.74, 6) is 0.208. The summed E-state index contributed by atoms with van der Waals surface area (Å²) in [4.78, 5) is 15.3. The molecule has 0 unspecified atom stereocenters. The number of aromatic nitrogens is 1. The van der Waals surface area contributed by atoms with Crippen molar-refractivity contribution in [3.63, 3.8) is 0 Å². The van der Waals surface area contributed by atoms with Gasteiger partial charge in [-0.05, 0) is 34.1 Å². The monoisotopic (exact) mass is 402 g/mol. The van der Waals surface area contributed by atoms with E-state index in [2.05, 4.69) is 31.0 Å². The maximum absolute atomic E-state index is 12.1. The molecule has 2 rings (SSSR count). The van der Waals surface area contributed by atoms with Crippen LogP contribution in [0.5, 0.6) is 0 Å². The molecule has 0 bridgehead atoms. The predicted octanol–water partition coefficient (Wildman–Crippen LogP) is 1.00. The van der Waals surface area contributed by atoms with Crippen LogP contribution in [0.15, 0.2) is 44.4 Å². The number of carbonyl (C=O) groups is 1. The number of furan rings is 1. The molecule has 0 aliphatic carbocycles. The summed E-state index contributed by atoms with van der Waals surface area (Å²) in [5, 5.41) is 2.62. The molecule has 2 aromatic heterocycles. The van der Waals surface area contributed by atoms with Crippen LogP contribution in [0.25, 0.3) is 0 Å². The van der Waals surface area contributed by atoms with Gasteiger partial charge in [0, 0.05) is 23.6 Å². The molecule has 23 heavy (non-hydrogen) atoms. The van der Waals surface area contributed by atoms with Crippen molar-refractivity contribution in [3.05, 3.63) is 40.9 Å². The Bertz CT molecular complexity index is 777. The topological polar surface area (TPSA) is 127 Å². The number of rotatable bonds is 7. The molecule has 0 fully saturated rings. The van der Waals surface area contributed by atoms with Crippen molar-refractivity contribution in [2.75, 3.05) is 12.3 Å². The number of amides is 1. The van der Waals surface area contributed by atoms with Gasteiger partial charge in [0.15, 0.2) is 0 Å². The van der Waals surface area contributed by atoms with Crippen molar-refractivity contribution in [3.8, 4) is 0 Å². The van der Waals surface area contributed by atoms with Gasteiger partial charge in [0.1, 0.15) is 16.5 Å². The molecular formula is C13H15BrN4O4S. The minimum absolute atomic E-state index is 0.0126. The molecular weight excluding hydrogens is 388 g/mol. The Balaban J connectivity index is 1.85. The third kappa shape index (κ3) is 5.05. The minimum Gasteiger partial charge on any atom is -0.467 e. The maximum Gasteiger partial charge on any atom is 0.244 e. The molecule has 0 atom stereocenters. The fourth-order valence-electron chi connectivity index (χ4n) is 1.71. The number of pyridine rings is 1. The predicted molar refractivity (Wildman–Crippen MR) is 86.7 cm³/mol. The molecule has 2 aromatic rings. The van der Waals surface area contributed by atoms with E-state index in [1.165, 1.54) is 18.5 Å². The first-order chi connectivity index (χ1) is 10.9. The minimum atomic E-state index is -3.83. The standard InChI is InChI=1S/C13H15BrN4O4S/c14-9-6-11(13(15)17-7-9)23(20,21)18-4-3-12(19)16-8-10-2-1-5-22-10/h1-2,5-7,18H,3-4,8H2,(H2,15,17)(H,16,19). The second kappa shape index (κ2) is 7.57. The molecule has 0 aromatic carbocycles. The van der Waals surface area contributed by atoms with Gasteiger partial charge in [-0.2, -0.15) is 0 Å². The van der Waals surface area contributed by atoms with Crippen molar-refractivity contribution in [2.45, 2.75) is 17.9 Å². The van der Waals surface area contributed by atoms with Crippen LogP contribution in [0.4, 0.5) is 5.82 Å². The third-order valence-electron chi connectivity index (χ3n) is 2.82. The number of nitrogens with two attached hydrogens (primary N) is 1. The molecule has 124 valence electrons. The first-order valence-electron chi connectivity index (χ1n) is 6.58. The Morgan fingerprint density at radius 2 is 2.22 bits per heavy atom. The lowest BCUT2D eigenvalue weighted by atomic mass is 10.4. The maximum atomic E-state index is 12.1. The van der Waals surface area contributed by atoms with Gasteiger partial charge in [-0.25, -0.2) is 18.1 Å². The quantitative estimate of drug-likeness (QED) is 0.633. The zero-order chi connectivity index (χ0) is 16.9. The highest BCUT2D eigenvalue weighted by molar-refractivity contribution is 9.10. The van der Waals surface area contributed by atoms with Crippen LogP contribution >= 0.6 is 15.9 Å². The SMILES string of the molecule is Nc1ncc(Br)cc1S(=O)(=O)NCCC(=O)NCc1ccco1. The number of nitrogen functional groups attached to an aromatic ring is 1. The van der Waals surface area contributed by atoms with E-state index < -0.39 is 10.0 Å². The van der Waals surface area contributed by atoms with Gasteiger partial charge in [0.05, 0.1) is 12.8 Å². The largest absolute Gasteiger partial charge is 0.467 e. The highest BCUT2D eigenvalue weighted by atomic mass is 79.9. The summed E-state index contributed by atoms with van der Waals surface area (Å²) >= 11 is 3.14. The van der Waals surface area contributed by atoms with E-state index >= 15 is 0 Å². The molecule has 0 saturated carbocycles. The molecule has 1 amide bonds. The summed E-state index contributed by atoms with van der Waals surface area (Å²) in [6.07, 6.45) is 2.89. The molecule has 4 N–H and O–H groups in total. The molecule has 0 aliphatic rings. The molecule has 0 saturated heterocycles. The van der Waals surface area contributed by atoms with Gasteiger partial charge in [0.25, 0.3) is 0 Å². The van der Waals surface area contributed by atoms with Gasteiger partial charge in [0.2, 0.25) is 15.9 Å². The van der Waals surface area contributed by atoms with E-state index in [1.807, 2.05) is 0 Å². The number of sulfonamides is 1. The zero-order valence-corrected chi connectivity index (χ0v) is 14.4. The van der Waals surface area contributed by atoms with E-state index in [0.717, 1.165) is 0 Å². The van der Waals surface area contributed by atoms with Crippen LogP contribution < -0.4 is 15.8 Å². The molecule has 10 heteroatoms. The average molecular weight is 403 g/mol. The van der Waals surface area contributed by atoms with Gasteiger partial charge >= 0.3 is 0 Å². The Kier molecular flexibility index (Phi) is 5.74. The van der Waals surface area contributed by atoms with Crippen molar-refractivity contribution in [1.29, 1.82) is 0 Å². The lowest BCUT2D eigenvalue weighted by Gasteiger charge is -2.09. The molecule has 2 heterocycles. The van der Waals surface area contributed by atoms with E-state index in [9.17, 15) is 13.2 Å². The Morgan fingerprint density at radius 1 is 1.43 bits per heavy atom. The smallest absolute Gasteiger partial charge is 0.244 e. The van der Waals surface area contributed by atoms with E-state index in [0.29, 0.717) is 10.2 Å². The number of anilines is 1. The van der Waals surface area contributed by atoms with Crippen LogP contribution in [0.1, 0.15) is 12.2 Å². The number of hydrogen-bond acceptors (Lipinski definition) is 6. The van der Waals surface area contributed by atoms with E-state index in [-0.39, 0.29) is 36.1 Å². The van der Waals surface area contributed by atoms with Crippen LogP contribution in [-0.2, 0) is 21.4 Å². The second-order valence-corrected chi connectivity index (χ2v) is 7.19. The number of hydrogen-bond donors (Lipinski definition) is 3. The molecule has 8 nitrogen and oxygen atoms in total. The number of nitrogens with one attached hydrogen (secondary N) is 2. The fourth-order valence-corrected chi connectivity index (χ4v) is 3.33. The van der Waals surface area contributed by atoms with Crippen LogP contribution in [0.2, 0.25) is 0 Å². The number of carbonyl (C=O) groups excluding carboxylic acids is 1. The first kappa shape index (κ1) is 17.4. The first-order valence-corrected chi connectivity index (χ1v) is 8.86. The zero-order valence-electron chi connectivity index (χ0n) is 12.0. The third-order valence-corrected chi connectivity index (χ3v) is 4.75. The van der Waals surface area contributed by atoms with Gasteiger partial charge in [-0.3, -0.25) is 4.79 Å². The average Bonchev–Trinajstić information content (AvgIpc) is 3.00. The van der Waals surface area contributed by atoms with Gasteiger partial charge in [-0.15, -0.1) is 0 Å². The number of nitrogens with zero attached hydrogens (tertiary/aromatic N) is 1. The molecule has 0 aliphatic heterocycles. The summed E-state index contributed by atoms with van der Waals surface area (Å²) < 4.78 is 32.1. The molecule has 0 spiro atoms. The van der Waals surface area contributed by atoms with Gasteiger partial charge < -0.3 is 15.5 Å². The lowest BCUT2D eigenvalue weighted by molar-refractivity contribution is -0.121. The van der Waals surface area contributed by atoms with Crippen LogP contribution in [0, 0.1) is 0 Å². The lowest BCUT2D eigenvalue weighted by Crippen LogP contribution is -2.31. The normalized spacial score (nSPS) is 11.3. The van der Waals surface area contributed by atoms with Crippen molar-refractivity contribution in [1.82, 2.24) is 15.0 Å². The second-order valence-electron chi connectivity index (χ2n) is 4.54. The summed E-state index contributed by atoms with van der Waals surface area (Å²) in [7, 11) is -3.83. The summed E-state index contributed by atoms with van der Waals surface area (Å²) in [6, 6.07) is 4.79. The Hall–Kier alpha value is -1.91. The molecule has 0 radical (unpaired) electrons. The van der Waals surface area contributed by atoms with Gasteiger partial charge in [-0.1, -0.05) is 0 Å². The van der Waals surface area contributed by atoms with Crippen molar-refractivity contribution >= 4 is 37.7 Å². The fraction of sp³-hybridized carbons (Fsp3) is 0.231. The Morgan fingerprint density at radius 3 is 2.91 bits per heavy atom. The summed E-state index contributed by atoms with van der Waals surface area (Å²) in [6.45, 7) is 0.194. The number of halogens is 1.